The molecule has 6 heteroatoms. The van der Waals surface area contributed by atoms with Crippen LogP contribution in [0.2, 0.25) is 0 Å². The number of aromatic nitrogens is 1. The highest BCUT2D eigenvalue weighted by atomic mass is 79.9. The lowest BCUT2D eigenvalue weighted by molar-refractivity contribution is 0.314. The Bertz CT molecular complexity index is 383. The van der Waals surface area contributed by atoms with E-state index in [4.69, 9.17) is 10.9 Å². The fourth-order valence-electron chi connectivity index (χ4n) is 1.38. The summed E-state index contributed by atoms with van der Waals surface area (Å²) >= 11 is 3.43. The number of halogens is 1. The maximum absolute atomic E-state index is 8.57. The minimum Gasteiger partial charge on any atom is -0.409 e. The predicted molar refractivity (Wildman–Crippen MR) is 67.8 cm³/mol. The molecule has 1 aromatic rings. The Morgan fingerprint density at radius 3 is 3.00 bits per heavy atom. The van der Waals surface area contributed by atoms with Gasteiger partial charge in [0, 0.05) is 31.9 Å². The van der Waals surface area contributed by atoms with E-state index < -0.39 is 0 Å². The average Bonchev–Trinajstić information content (AvgIpc) is 2.28. The van der Waals surface area contributed by atoms with Crippen LogP contribution in [0.25, 0.3) is 0 Å². The van der Waals surface area contributed by atoms with Gasteiger partial charge in [0.25, 0.3) is 0 Å². The van der Waals surface area contributed by atoms with Gasteiger partial charge in [-0.3, -0.25) is 4.98 Å². The largest absolute Gasteiger partial charge is 0.409 e. The fraction of sp³-hybridized carbons (Fsp3) is 0.400. The molecular formula is C10H15BrN4O. The van der Waals surface area contributed by atoms with Crippen molar-refractivity contribution in [2.75, 3.05) is 18.5 Å². The van der Waals surface area contributed by atoms with Crippen LogP contribution >= 0.6 is 15.9 Å². The smallest absolute Gasteiger partial charge is 0.143 e. The van der Waals surface area contributed by atoms with Crippen LogP contribution < -0.4 is 10.6 Å². The molecule has 0 aliphatic carbocycles. The van der Waals surface area contributed by atoms with Crippen molar-refractivity contribution >= 4 is 27.5 Å². The number of hydrogen-bond acceptors (Lipinski definition) is 4. The van der Waals surface area contributed by atoms with Gasteiger partial charge in [-0.2, -0.15) is 0 Å². The first-order valence-electron chi connectivity index (χ1n) is 4.84. The highest BCUT2D eigenvalue weighted by Gasteiger charge is 2.12. The van der Waals surface area contributed by atoms with Crippen LogP contribution in [0.3, 0.4) is 0 Å². The van der Waals surface area contributed by atoms with E-state index in [1.165, 1.54) is 0 Å². The Balaban J connectivity index is 2.73. The van der Waals surface area contributed by atoms with Gasteiger partial charge in [0.05, 0.1) is 10.2 Å². The van der Waals surface area contributed by atoms with Gasteiger partial charge in [-0.25, -0.2) is 0 Å². The molecule has 0 amide bonds. The summed E-state index contributed by atoms with van der Waals surface area (Å²) in [6.45, 7) is 2.57. The van der Waals surface area contributed by atoms with Crippen molar-refractivity contribution in [2.24, 2.45) is 16.8 Å². The van der Waals surface area contributed by atoms with Gasteiger partial charge in [0.2, 0.25) is 0 Å². The third-order valence-electron chi connectivity index (χ3n) is 2.33. The molecule has 1 aromatic heterocycles. The summed E-state index contributed by atoms with van der Waals surface area (Å²) < 4.78 is 0.921. The number of anilines is 1. The summed E-state index contributed by atoms with van der Waals surface area (Å²) in [5.41, 5.74) is 6.55. The lowest BCUT2D eigenvalue weighted by Gasteiger charge is -2.23. The van der Waals surface area contributed by atoms with Crippen LogP contribution in [-0.4, -0.2) is 29.6 Å². The molecule has 0 bridgehead atoms. The van der Waals surface area contributed by atoms with Gasteiger partial charge >= 0.3 is 0 Å². The van der Waals surface area contributed by atoms with Crippen LogP contribution in [0, 0.1) is 5.92 Å². The van der Waals surface area contributed by atoms with E-state index in [0.29, 0.717) is 6.54 Å². The molecule has 0 fully saturated rings. The van der Waals surface area contributed by atoms with Crippen molar-refractivity contribution in [3.63, 3.8) is 0 Å². The van der Waals surface area contributed by atoms with E-state index in [2.05, 4.69) is 26.1 Å². The lowest BCUT2D eigenvalue weighted by Crippen LogP contribution is -2.32. The number of hydrogen-bond donors (Lipinski definition) is 2. The molecule has 0 radical (unpaired) electrons. The maximum atomic E-state index is 8.57. The highest BCUT2D eigenvalue weighted by molar-refractivity contribution is 9.10. The molecule has 0 saturated carbocycles. The standard InChI is InChI=1S/C10H15BrN4O/c1-7(10(12)14-16)6-15(2)9-3-4-13-5-8(9)11/h3-5,7,16H,6H2,1-2H3,(H2,12,14). The third kappa shape index (κ3) is 3.10. The number of nitrogens with two attached hydrogens (primary N) is 1. The minimum atomic E-state index is -0.0185. The molecule has 16 heavy (non-hydrogen) atoms. The van der Waals surface area contributed by atoms with Crippen LogP contribution in [0.4, 0.5) is 5.69 Å². The molecule has 1 atom stereocenters. The van der Waals surface area contributed by atoms with Gasteiger partial charge < -0.3 is 15.8 Å². The second kappa shape index (κ2) is 5.69. The number of rotatable bonds is 4. The average molecular weight is 287 g/mol. The highest BCUT2D eigenvalue weighted by Crippen LogP contribution is 2.24. The summed E-state index contributed by atoms with van der Waals surface area (Å²) in [5, 5.41) is 11.6. The van der Waals surface area contributed by atoms with Crippen molar-refractivity contribution < 1.29 is 5.21 Å². The van der Waals surface area contributed by atoms with E-state index in [1.54, 1.807) is 12.4 Å². The third-order valence-corrected chi connectivity index (χ3v) is 2.94. The molecule has 5 nitrogen and oxygen atoms in total. The SMILES string of the molecule is CC(CN(C)c1ccncc1Br)/C(N)=N/O. The van der Waals surface area contributed by atoms with Gasteiger partial charge in [0.1, 0.15) is 5.84 Å². The summed E-state index contributed by atoms with van der Waals surface area (Å²) in [6.07, 6.45) is 3.46. The normalized spacial score (nSPS) is 13.6. The van der Waals surface area contributed by atoms with Crippen molar-refractivity contribution in [1.82, 2.24) is 4.98 Å². The quantitative estimate of drug-likeness (QED) is 0.382. The molecule has 3 N–H and O–H groups in total. The Kier molecular flexibility index (Phi) is 4.54. The molecule has 0 saturated heterocycles. The zero-order valence-corrected chi connectivity index (χ0v) is 10.8. The first-order chi connectivity index (χ1) is 7.56. The van der Waals surface area contributed by atoms with Crippen molar-refractivity contribution in [2.45, 2.75) is 6.92 Å². The van der Waals surface area contributed by atoms with Crippen molar-refractivity contribution in [3.05, 3.63) is 22.9 Å². The Morgan fingerprint density at radius 1 is 1.75 bits per heavy atom. The van der Waals surface area contributed by atoms with Crippen LogP contribution in [0.1, 0.15) is 6.92 Å². The molecule has 1 rings (SSSR count). The number of nitrogens with zero attached hydrogens (tertiary/aromatic N) is 3. The molecule has 0 aliphatic heterocycles. The van der Waals surface area contributed by atoms with Crippen LogP contribution in [0.15, 0.2) is 28.1 Å². The molecule has 0 aliphatic rings. The zero-order chi connectivity index (χ0) is 12.1. The minimum absolute atomic E-state index is 0.0185. The molecule has 1 unspecified atom stereocenters. The molecule has 1 heterocycles. The van der Waals surface area contributed by atoms with Crippen LogP contribution in [-0.2, 0) is 0 Å². The second-order valence-corrected chi connectivity index (χ2v) is 4.49. The first-order valence-corrected chi connectivity index (χ1v) is 5.63. The van der Waals surface area contributed by atoms with Gasteiger partial charge in [0.15, 0.2) is 0 Å². The van der Waals surface area contributed by atoms with E-state index in [0.717, 1.165) is 10.2 Å². The Labute approximate surface area is 103 Å². The maximum Gasteiger partial charge on any atom is 0.143 e. The van der Waals surface area contributed by atoms with Gasteiger partial charge in [-0.1, -0.05) is 12.1 Å². The zero-order valence-electron chi connectivity index (χ0n) is 9.26. The van der Waals surface area contributed by atoms with Gasteiger partial charge in [-0.15, -0.1) is 0 Å². The summed E-state index contributed by atoms with van der Waals surface area (Å²) in [7, 11) is 1.95. The van der Waals surface area contributed by atoms with Gasteiger partial charge in [-0.05, 0) is 22.0 Å². The predicted octanol–water partition coefficient (Wildman–Crippen LogP) is 1.66. The topological polar surface area (TPSA) is 74.7 Å². The van der Waals surface area contributed by atoms with E-state index >= 15 is 0 Å². The number of amidine groups is 1. The molecule has 0 aromatic carbocycles. The Hall–Kier alpha value is -1.30. The van der Waals surface area contributed by atoms with E-state index in [1.807, 2.05) is 24.9 Å². The monoisotopic (exact) mass is 286 g/mol. The molecule has 0 spiro atoms. The van der Waals surface area contributed by atoms with E-state index in [9.17, 15) is 0 Å². The summed E-state index contributed by atoms with van der Waals surface area (Å²) in [4.78, 5) is 6.02. The Morgan fingerprint density at radius 2 is 2.44 bits per heavy atom. The lowest BCUT2D eigenvalue weighted by atomic mass is 10.1. The number of pyridine rings is 1. The van der Waals surface area contributed by atoms with Crippen LogP contribution in [0.5, 0.6) is 0 Å². The number of oxime groups is 1. The second-order valence-electron chi connectivity index (χ2n) is 3.63. The first kappa shape index (κ1) is 12.8. The molecular weight excluding hydrogens is 272 g/mol. The fourth-order valence-corrected chi connectivity index (χ4v) is 1.93. The van der Waals surface area contributed by atoms with Crippen molar-refractivity contribution in [1.29, 1.82) is 0 Å². The summed E-state index contributed by atoms with van der Waals surface area (Å²) in [5.74, 6) is 0.215. The van der Waals surface area contributed by atoms with Crippen molar-refractivity contribution in [3.8, 4) is 0 Å². The summed E-state index contributed by atoms with van der Waals surface area (Å²) in [6, 6.07) is 1.91. The molecule has 88 valence electrons. The van der Waals surface area contributed by atoms with E-state index in [-0.39, 0.29) is 11.8 Å².